The van der Waals surface area contributed by atoms with E-state index in [4.69, 9.17) is 5.11 Å². The normalized spacial score (nSPS) is 18.7. The van der Waals surface area contributed by atoms with Crippen LogP contribution < -0.4 is 5.32 Å². The molecule has 2 N–H and O–H groups in total. The van der Waals surface area contributed by atoms with Gasteiger partial charge in [-0.15, -0.1) is 0 Å². The van der Waals surface area contributed by atoms with E-state index in [0.717, 1.165) is 31.5 Å². The Morgan fingerprint density at radius 3 is 2.70 bits per heavy atom. The molecule has 0 spiro atoms. The van der Waals surface area contributed by atoms with Crippen LogP contribution in [0.5, 0.6) is 0 Å². The summed E-state index contributed by atoms with van der Waals surface area (Å²) in [6.07, 6.45) is 3.32. The van der Waals surface area contributed by atoms with Gasteiger partial charge in [0.05, 0.1) is 0 Å². The number of carboxylic acid groups (broad SMARTS) is 1. The fraction of sp³-hybridized carbons (Fsp3) is 0.556. The van der Waals surface area contributed by atoms with Crippen LogP contribution >= 0.6 is 0 Å². The minimum Gasteiger partial charge on any atom is -0.481 e. The summed E-state index contributed by atoms with van der Waals surface area (Å²) in [7, 11) is 0. The number of hydrogen-bond donors (Lipinski definition) is 2. The van der Waals surface area contributed by atoms with E-state index in [9.17, 15) is 9.59 Å². The van der Waals surface area contributed by atoms with Crippen molar-refractivity contribution in [2.24, 2.45) is 5.92 Å². The second-order valence-electron chi connectivity index (χ2n) is 6.28. The number of nitrogens with one attached hydrogen (secondary N) is 1. The molecule has 0 saturated carbocycles. The molecule has 0 bridgehead atoms. The highest BCUT2D eigenvalue weighted by molar-refractivity contribution is 5.75. The monoisotopic (exact) mass is 318 g/mol. The summed E-state index contributed by atoms with van der Waals surface area (Å²) in [5.41, 5.74) is 1.11. The Kier molecular flexibility index (Phi) is 6.44. The van der Waals surface area contributed by atoms with E-state index < -0.39 is 5.97 Å². The fourth-order valence-electron chi connectivity index (χ4n) is 3.04. The van der Waals surface area contributed by atoms with Gasteiger partial charge in [-0.25, -0.2) is 4.79 Å². The number of aliphatic carboxylic acids is 1. The van der Waals surface area contributed by atoms with Gasteiger partial charge in [-0.1, -0.05) is 43.7 Å². The summed E-state index contributed by atoms with van der Waals surface area (Å²) in [5, 5.41) is 11.9. The molecule has 1 aromatic rings. The predicted molar refractivity (Wildman–Crippen MR) is 89.3 cm³/mol. The number of likely N-dealkylation sites (tertiary alicyclic amines) is 1. The van der Waals surface area contributed by atoms with E-state index in [-0.39, 0.29) is 18.5 Å². The molecule has 1 aliphatic rings. The zero-order chi connectivity index (χ0) is 16.7. The van der Waals surface area contributed by atoms with Crippen LogP contribution in [0.3, 0.4) is 0 Å². The maximum Gasteiger partial charge on any atom is 0.317 e. The van der Waals surface area contributed by atoms with Crippen molar-refractivity contribution in [1.29, 1.82) is 0 Å². The lowest BCUT2D eigenvalue weighted by Crippen LogP contribution is -2.45. The van der Waals surface area contributed by atoms with E-state index in [1.165, 1.54) is 0 Å². The standard InChI is InChI=1S/C18H26N2O3/c1-2-14-10-11-20(13-14)18(23)19-16(8-9-17(21)22)12-15-6-4-3-5-7-15/h3-7,14,16H,2,8-13H2,1H3,(H,19,23)(H,21,22). The first-order valence-electron chi connectivity index (χ1n) is 8.39. The summed E-state index contributed by atoms with van der Waals surface area (Å²) >= 11 is 0. The Morgan fingerprint density at radius 2 is 2.09 bits per heavy atom. The van der Waals surface area contributed by atoms with Crippen molar-refractivity contribution in [2.45, 2.75) is 45.1 Å². The molecule has 1 heterocycles. The van der Waals surface area contributed by atoms with Crippen molar-refractivity contribution in [3.05, 3.63) is 35.9 Å². The highest BCUT2D eigenvalue weighted by Crippen LogP contribution is 2.19. The fourth-order valence-corrected chi connectivity index (χ4v) is 3.04. The summed E-state index contributed by atoms with van der Waals surface area (Å²) in [5.74, 6) is -0.239. The third kappa shape index (κ3) is 5.58. The minimum atomic E-state index is -0.829. The summed E-state index contributed by atoms with van der Waals surface area (Å²) in [4.78, 5) is 25.1. The molecule has 1 aromatic carbocycles. The molecule has 2 amide bonds. The number of benzene rings is 1. The van der Waals surface area contributed by atoms with Crippen molar-refractivity contribution in [2.75, 3.05) is 13.1 Å². The average molecular weight is 318 g/mol. The number of rotatable bonds is 7. The molecule has 2 atom stereocenters. The Balaban J connectivity index is 1.93. The van der Waals surface area contributed by atoms with Gasteiger partial charge >= 0.3 is 12.0 Å². The van der Waals surface area contributed by atoms with Gasteiger partial charge in [0.25, 0.3) is 0 Å². The number of nitrogens with zero attached hydrogens (tertiary/aromatic N) is 1. The second kappa shape index (κ2) is 8.56. The van der Waals surface area contributed by atoms with Crippen LogP contribution in [0, 0.1) is 5.92 Å². The second-order valence-corrected chi connectivity index (χ2v) is 6.28. The Morgan fingerprint density at radius 1 is 1.35 bits per heavy atom. The largest absolute Gasteiger partial charge is 0.481 e. The molecule has 23 heavy (non-hydrogen) atoms. The first kappa shape index (κ1) is 17.3. The van der Waals surface area contributed by atoms with Gasteiger partial charge in [0.15, 0.2) is 0 Å². The van der Waals surface area contributed by atoms with Crippen LogP contribution in [0.25, 0.3) is 0 Å². The molecule has 1 fully saturated rings. The highest BCUT2D eigenvalue weighted by Gasteiger charge is 2.26. The van der Waals surface area contributed by atoms with Gasteiger partial charge in [-0.05, 0) is 30.7 Å². The van der Waals surface area contributed by atoms with E-state index in [0.29, 0.717) is 18.8 Å². The number of urea groups is 1. The van der Waals surface area contributed by atoms with E-state index >= 15 is 0 Å². The van der Waals surface area contributed by atoms with Gasteiger partial charge in [0.2, 0.25) is 0 Å². The summed E-state index contributed by atoms with van der Waals surface area (Å²) in [6.45, 7) is 3.75. The third-order valence-corrected chi connectivity index (χ3v) is 4.51. The number of carboxylic acids is 1. The number of carbonyl (C=O) groups excluding carboxylic acids is 1. The predicted octanol–water partition coefficient (Wildman–Crippen LogP) is 2.90. The van der Waals surface area contributed by atoms with Crippen molar-refractivity contribution in [1.82, 2.24) is 10.2 Å². The smallest absolute Gasteiger partial charge is 0.317 e. The zero-order valence-corrected chi connectivity index (χ0v) is 13.7. The molecule has 0 aromatic heterocycles. The van der Waals surface area contributed by atoms with E-state index in [1.807, 2.05) is 35.2 Å². The molecular formula is C18H26N2O3. The number of carbonyl (C=O) groups is 2. The third-order valence-electron chi connectivity index (χ3n) is 4.51. The average Bonchev–Trinajstić information content (AvgIpc) is 3.02. The van der Waals surface area contributed by atoms with Crippen LogP contribution in [-0.4, -0.2) is 41.1 Å². The first-order chi connectivity index (χ1) is 11.1. The first-order valence-corrected chi connectivity index (χ1v) is 8.39. The Hall–Kier alpha value is -2.04. The molecule has 2 rings (SSSR count). The molecule has 5 nitrogen and oxygen atoms in total. The van der Waals surface area contributed by atoms with Gasteiger partial charge < -0.3 is 15.3 Å². The minimum absolute atomic E-state index is 0.0627. The van der Waals surface area contributed by atoms with Crippen LogP contribution in [0.15, 0.2) is 30.3 Å². The molecule has 0 aliphatic carbocycles. The lowest BCUT2D eigenvalue weighted by molar-refractivity contribution is -0.137. The van der Waals surface area contributed by atoms with Gasteiger partial charge in [0.1, 0.15) is 0 Å². The molecule has 126 valence electrons. The van der Waals surface area contributed by atoms with Gasteiger partial charge in [-0.3, -0.25) is 4.79 Å². The highest BCUT2D eigenvalue weighted by atomic mass is 16.4. The maximum absolute atomic E-state index is 12.4. The van der Waals surface area contributed by atoms with Crippen LogP contribution in [-0.2, 0) is 11.2 Å². The van der Waals surface area contributed by atoms with Crippen LogP contribution in [0.2, 0.25) is 0 Å². The Bertz CT molecular complexity index is 518. The van der Waals surface area contributed by atoms with Gasteiger partial charge in [-0.2, -0.15) is 0 Å². The van der Waals surface area contributed by atoms with Gasteiger partial charge in [0, 0.05) is 25.6 Å². The SMILES string of the molecule is CCC1CCN(C(=O)NC(CCC(=O)O)Cc2ccccc2)C1. The van der Waals surface area contributed by atoms with Crippen LogP contribution in [0.1, 0.15) is 38.2 Å². The topological polar surface area (TPSA) is 69.6 Å². The van der Waals surface area contributed by atoms with Crippen molar-refractivity contribution >= 4 is 12.0 Å². The Labute approximate surface area is 137 Å². The van der Waals surface area contributed by atoms with Crippen molar-refractivity contribution in [3.8, 4) is 0 Å². The lowest BCUT2D eigenvalue weighted by atomic mass is 10.0. The molecular weight excluding hydrogens is 292 g/mol. The molecule has 2 unspecified atom stereocenters. The molecule has 0 radical (unpaired) electrons. The quantitative estimate of drug-likeness (QED) is 0.812. The summed E-state index contributed by atoms with van der Waals surface area (Å²) in [6, 6.07) is 9.65. The lowest BCUT2D eigenvalue weighted by Gasteiger charge is -2.23. The zero-order valence-electron chi connectivity index (χ0n) is 13.7. The van der Waals surface area contributed by atoms with Crippen molar-refractivity contribution < 1.29 is 14.7 Å². The van der Waals surface area contributed by atoms with E-state index in [1.54, 1.807) is 0 Å². The molecule has 1 saturated heterocycles. The molecule has 5 heteroatoms. The maximum atomic E-state index is 12.4. The van der Waals surface area contributed by atoms with E-state index in [2.05, 4.69) is 12.2 Å². The molecule has 1 aliphatic heterocycles. The van der Waals surface area contributed by atoms with Crippen LogP contribution in [0.4, 0.5) is 4.79 Å². The summed E-state index contributed by atoms with van der Waals surface area (Å²) < 4.78 is 0. The number of hydrogen-bond acceptors (Lipinski definition) is 2. The van der Waals surface area contributed by atoms with Crippen molar-refractivity contribution in [3.63, 3.8) is 0 Å². The number of amides is 2.